The minimum Gasteiger partial charge on any atom is -0.350 e. The van der Waals surface area contributed by atoms with E-state index < -0.39 is 5.79 Å². The lowest BCUT2D eigenvalue weighted by Gasteiger charge is -2.31. The molecule has 1 heterocycles. The summed E-state index contributed by atoms with van der Waals surface area (Å²) < 4.78 is 15.1. The van der Waals surface area contributed by atoms with Crippen LogP contribution >= 0.6 is 0 Å². The van der Waals surface area contributed by atoms with Crippen molar-refractivity contribution in [2.24, 2.45) is 0 Å². The smallest absolute Gasteiger partial charge is 0.172 e. The van der Waals surface area contributed by atoms with Crippen LogP contribution in [0.3, 0.4) is 0 Å². The van der Waals surface area contributed by atoms with Crippen molar-refractivity contribution in [1.82, 2.24) is 0 Å². The van der Waals surface area contributed by atoms with Crippen LogP contribution in [0, 0.1) is 0 Å². The monoisotopic (exact) mass is 524 g/mol. The van der Waals surface area contributed by atoms with Gasteiger partial charge >= 0.3 is 0 Å². The summed E-state index contributed by atoms with van der Waals surface area (Å²) in [5.41, 5.74) is 1.18. The van der Waals surface area contributed by atoms with E-state index in [-0.39, 0.29) is 0 Å². The molecule has 0 N–H and O–H groups in total. The summed E-state index contributed by atoms with van der Waals surface area (Å²) in [5, 5.41) is 0. The van der Waals surface area contributed by atoms with Crippen molar-refractivity contribution in [3.8, 4) is 0 Å². The average molecular weight is 525 g/mol. The molecule has 1 unspecified atom stereocenters. The van der Waals surface area contributed by atoms with Crippen LogP contribution in [0.25, 0.3) is 0 Å². The fourth-order valence-corrected chi connectivity index (χ4v) is 5.26. The van der Waals surface area contributed by atoms with Crippen molar-refractivity contribution in [3.63, 3.8) is 0 Å². The maximum absolute atomic E-state index is 6.43. The summed E-state index contributed by atoms with van der Waals surface area (Å²) in [5.74, 6) is -0.604. The number of benzene rings is 1. The summed E-state index contributed by atoms with van der Waals surface area (Å²) in [6, 6.07) is 16.9. The van der Waals surface area contributed by atoms with Crippen molar-refractivity contribution in [2.45, 2.75) is 148 Å². The van der Waals surface area contributed by atoms with Crippen molar-refractivity contribution < 1.29 is 14.0 Å². The zero-order valence-electron chi connectivity index (χ0n) is 25.0. The molecule has 0 aliphatic rings. The Morgan fingerprint density at radius 1 is 0.632 bits per heavy atom. The maximum atomic E-state index is 6.43. The van der Waals surface area contributed by atoms with Crippen molar-refractivity contribution in [3.05, 3.63) is 66.5 Å². The van der Waals surface area contributed by atoms with E-state index in [0.29, 0.717) is 12.6 Å². The molecule has 2 rings (SSSR count). The van der Waals surface area contributed by atoms with Crippen LogP contribution < -0.4 is 4.57 Å². The van der Waals surface area contributed by atoms with Gasteiger partial charge in [-0.15, -0.1) is 0 Å². The molecule has 3 heteroatoms. The van der Waals surface area contributed by atoms with Gasteiger partial charge < -0.3 is 9.47 Å². The Morgan fingerprint density at radius 2 is 1.11 bits per heavy atom. The number of nitrogens with zero attached hydrogens (tertiary/aromatic N) is 1. The summed E-state index contributed by atoms with van der Waals surface area (Å²) in [6.07, 6.45) is 27.2. The molecule has 3 nitrogen and oxygen atoms in total. The van der Waals surface area contributed by atoms with E-state index in [1.165, 1.54) is 102 Å². The van der Waals surface area contributed by atoms with Gasteiger partial charge in [-0.2, -0.15) is 0 Å². The number of ether oxygens (including phenoxy) is 2. The second-order valence-corrected chi connectivity index (χ2v) is 11.4. The normalized spacial score (nSPS) is 13.9. The van der Waals surface area contributed by atoms with Gasteiger partial charge in [-0.1, -0.05) is 140 Å². The van der Waals surface area contributed by atoms with Gasteiger partial charge in [0.15, 0.2) is 24.2 Å². The molecule has 0 amide bonds. The maximum Gasteiger partial charge on any atom is 0.172 e. The first kappa shape index (κ1) is 32.5. The van der Waals surface area contributed by atoms with Gasteiger partial charge in [0.25, 0.3) is 0 Å². The van der Waals surface area contributed by atoms with Crippen molar-refractivity contribution >= 4 is 0 Å². The summed E-state index contributed by atoms with van der Waals surface area (Å²) in [7, 11) is 0. The molecule has 0 bridgehead atoms. The second kappa shape index (κ2) is 21.2. The van der Waals surface area contributed by atoms with Crippen molar-refractivity contribution in [1.29, 1.82) is 0 Å². The van der Waals surface area contributed by atoms with E-state index in [9.17, 15) is 0 Å². The minimum atomic E-state index is -0.604. The Hall–Kier alpha value is -1.71. The second-order valence-electron chi connectivity index (χ2n) is 11.4. The number of hydrogen-bond acceptors (Lipinski definition) is 2. The SMILES string of the molecule is CCCCCCCCCCCCCCCCCCOC(C)(C[C@@H](C)[n+]1ccccc1)OCc1ccccc1. The van der Waals surface area contributed by atoms with E-state index in [2.05, 4.69) is 80.2 Å². The van der Waals surface area contributed by atoms with E-state index >= 15 is 0 Å². The Kier molecular flexibility index (Phi) is 18.1. The number of rotatable bonds is 24. The van der Waals surface area contributed by atoms with Crippen LogP contribution in [0.5, 0.6) is 0 Å². The molecular weight excluding hydrogens is 466 g/mol. The van der Waals surface area contributed by atoms with Crippen LogP contribution in [-0.4, -0.2) is 12.4 Å². The molecule has 1 aromatic heterocycles. The highest BCUT2D eigenvalue weighted by Crippen LogP contribution is 2.25. The zero-order chi connectivity index (χ0) is 27.2. The first-order chi connectivity index (χ1) is 18.6. The molecule has 214 valence electrons. The van der Waals surface area contributed by atoms with Crippen LogP contribution in [0.2, 0.25) is 0 Å². The first-order valence-corrected chi connectivity index (χ1v) is 15.9. The Morgan fingerprint density at radius 3 is 1.63 bits per heavy atom. The van der Waals surface area contributed by atoms with Gasteiger partial charge in [-0.3, -0.25) is 0 Å². The summed E-state index contributed by atoms with van der Waals surface area (Å²) in [6.45, 7) is 7.98. The van der Waals surface area contributed by atoms with Gasteiger partial charge in [0.1, 0.15) is 0 Å². The molecule has 0 aliphatic heterocycles. The quantitative estimate of drug-likeness (QED) is 0.0774. The van der Waals surface area contributed by atoms with E-state index in [1.807, 2.05) is 6.07 Å². The molecule has 1 aromatic carbocycles. The highest BCUT2D eigenvalue weighted by molar-refractivity contribution is 5.13. The molecule has 0 fully saturated rings. The van der Waals surface area contributed by atoms with Crippen LogP contribution in [0.4, 0.5) is 0 Å². The fourth-order valence-electron chi connectivity index (χ4n) is 5.26. The topological polar surface area (TPSA) is 22.3 Å². The molecular formula is C35H58NO2+. The lowest BCUT2D eigenvalue weighted by molar-refractivity contribution is -0.723. The van der Waals surface area contributed by atoms with E-state index in [4.69, 9.17) is 9.47 Å². The average Bonchev–Trinajstić information content (AvgIpc) is 2.95. The Balaban J connectivity index is 1.56. The highest BCUT2D eigenvalue weighted by Gasteiger charge is 2.32. The predicted molar refractivity (Wildman–Crippen MR) is 161 cm³/mol. The van der Waals surface area contributed by atoms with Gasteiger partial charge in [0, 0.05) is 12.1 Å². The van der Waals surface area contributed by atoms with Crippen molar-refractivity contribution in [2.75, 3.05) is 6.61 Å². The molecule has 0 saturated heterocycles. The minimum absolute atomic E-state index is 0.294. The van der Waals surface area contributed by atoms with Gasteiger partial charge in [0.05, 0.1) is 19.6 Å². The van der Waals surface area contributed by atoms with Gasteiger partial charge in [0.2, 0.25) is 0 Å². The molecule has 0 saturated carbocycles. The van der Waals surface area contributed by atoms with Gasteiger partial charge in [-0.05, 0) is 25.8 Å². The molecule has 0 spiro atoms. The zero-order valence-corrected chi connectivity index (χ0v) is 25.0. The molecule has 0 radical (unpaired) electrons. The van der Waals surface area contributed by atoms with Crippen LogP contribution in [0.15, 0.2) is 60.9 Å². The molecule has 38 heavy (non-hydrogen) atoms. The summed E-state index contributed by atoms with van der Waals surface area (Å²) in [4.78, 5) is 0. The lowest BCUT2D eigenvalue weighted by Crippen LogP contribution is -2.44. The van der Waals surface area contributed by atoms with E-state index in [0.717, 1.165) is 19.4 Å². The number of hydrogen-bond donors (Lipinski definition) is 0. The number of unbranched alkanes of at least 4 members (excludes halogenated alkanes) is 15. The van der Waals surface area contributed by atoms with Gasteiger partial charge in [-0.25, -0.2) is 4.57 Å². The number of pyridine rings is 1. The first-order valence-electron chi connectivity index (χ1n) is 15.9. The Labute approximate surface area is 235 Å². The van der Waals surface area contributed by atoms with E-state index in [1.54, 1.807) is 0 Å². The molecule has 0 aliphatic carbocycles. The predicted octanol–water partition coefficient (Wildman–Crippen LogP) is 10.1. The molecule has 2 aromatic rings. The third-order valence-electron chi connectivity index (χ3n) is 7.71. The summed E-state index contributed by atoms with van der Waals surface area (Å²) >= 11 is 0. The highest BCUT2D eigenvalue weighted by atomic mass is 16.7. The largest absolute Gasteiger partial charge is 0.350 e. The number of aromatic nitrogens is 1. The standard InChI is InChI=1S/C35H58NO2/c1-4-5-6-7-8-9-10-11-12-13-14-15-16-17-18-25-30-37-35(3,38-32-34-26-21-19-22-27-34)31-33(2)36-28-23-20-24-29-36/h19-24,26-29,33H,4-18,25,30-32H2,1-3H3/q+1/t33-,35?/m1/s1. The Bertz CT molecular complexity index is 781. The fraction of sp³-hybridized carbons (Fsp3) is 0.686. The van der Waals surface area contributed by atoms with Crippen LogP contribution in [0.1, 0.15) is 142 Å². The third-order valence-corrected chi connectivity index (χ3v) is 7.71. The molecule has 2 atom stereocenters. The lowest BCUT2D eigenvalue weighted by atomic mass is 10.0. The van der Waals surface area contributed by atoms with Crippen LogP contribution in [-0.2, 0) is 16.1 Å². The third kappa shape index (κ3) is 15.6.